The van der Waals surface area contributed by atoms with E-state index in [9.17, 15) is 0 Å². The molecule has 0 spiro atoms. The molecule has 3 aromatic rings. The number of aromatic nitrogens is 1. The van der Waals surface area contributed by atoms with Gasteiger partial charge in [0.25, 0.3) is 0 Å². The van der Waals surface area contributed by atoms with E-state index >= 15 is 0 Å². The molecule has 92 valence electrons. The van der Waals surface area contributed by atoms with Crippen LogP contribution in [0.25, 0.3) is 23.1 Å². The molecule has 2 aromatic carbocycles. The van der Waals surface area contributed by atoms with Gasteiger partial charge in [-0.3, -0.25) is 0 Å². The van der Waals surface area contributed by atoms with Crippen LogP contribution in [0.4, 0.5) is 0 Å². The van der Waals surface area contributed by atoms with Gasteiger partial charge in [-0.1, -0.05) is 54.1 Å². The Morgan fingerprint density at radius 3 is 2.42 bits per heavy atom. The zero-order valence-corrected chi connectivity index (χ0v) is 11.0. The Labute approximate surface area is 117 Å². The van der Waals surface area contributed by atoms with E-state index in [-0.39, 0.29) is 0 Å². The van der Waals surface area contributed by atoms with Gasteiger partial charge in [-0.05, 0) is 35.9 Å². The summed E-state index contributed by atoms with van der Waals surface area (Å²) in [7, 11) is 0. The fourth-order valence-corrected chi connectivity index (χ4v) is 2.06. The first kappa shape index (κ1) is 11.9. The minimum absolute atomic E-state index is 0.751. The first-order valence-corrected chi connectivity index (χ1v) is 6.48. The van der Waals surface area contributed by atoms with Crippen LogP contribution in [0.5, 0.6) is 0 Å². The van der Waals surface area contributed by atoms with E-state index in [1.54, 1.807) is 0 Å². The summed E-state index contributed by atoms with van der Waals surface area (Å²) in [5, 5.41) is 1.91. The maximum absolute atomic E-state index is 5.86. The van der Waals surface area contributed by atoms with E-state index < -0.39 is 0 Å². The van der Waals surface area contributed by atoms with Crippen molar-refractivity contribution in [3.63, 3.8) is 0 Å². The number of halogens is 1. The lowest BCUT2D eigenvalue weighted by Crippen LogP contribution is -1.82. The minimum atomic E-state index is 0.751. The molecule has 0 fully saturated rings. The van der Waals surface area contributed by atoms with Crippen molar-refractivity contribution in [1.82, 2.24) is 4.98 Å². The average Bonchev–Trinajstić information content (AvgIpc) is 2.46. The number of hydrogen-bond donors (Lipinski definition) is 0. The molecular formula is C17H12ClN. The number of nitrogens with zero attached hydrogens (tertiary/aromatic N) is 1. The lowest BCUT2D eigenvalue weighted by Gasteiger charge is -1.98. The normalized spacial score (nSPS) is 11.2. The van der Waals surface area contributed by atoms with E-state index in [1.807, 2.05) is 60.7 Å². The van der Waals surface area contributed by atoms with Crippen molar-refractivity contribution >= 4 is 34.7 Å². The largest absolute Gasteiger partial charge is 0.248 e. The van der Waals surface area contributed by atoms with Gasteiger partial charge in [0, 0.05) is 10.4 Å². The van der Waals surface area contributed by atoms with E-state index in [0.29, 0.717) is 0 Å². The van der Waals surface area contributed by atoms with Gasteiger partial charge in [-0.2, -0.15) is 0 Å². The summed E-state index contributed by atoms with van der Waals surface area (Å²) in [6.07, 6.45) is 4.04. The smallest absolute Gasteiger partial charge is 0.0709 e. The minimum Gasteiger partial charge on any atom is -0.248 e. The molecule has 3 rings (SSSR count). The third-order valence-corrected chi connectivity index (χ3v) is 3.19. The van der Waals surface area contributed by atoms with Crippen LogP contribution in [0.3, 0.4) is 0 Å². The second kappa shape index (κ2) is 5.25. The van der Waals surface area contributed by atoms with Crippen molar-refractivity contribution in [2.75, 3.05) is 0 Å². The summed E-state index contributed by atoms with van der Waals surface area (Å²) in [6, 6.07) is 20.0. The van der Waals surface area contributed by atoms with Crippen LogP contribution in [0.2, 0.25) is 5.02 Å². The summed E-state index contributed by atoms with van der Waals surface area (Å²) in [6.45, 7) is 0. The van der Waals surface area contributed by atoms with Gasteiger partial charge in [0.05, 0.1) is 11.2 Å². The van der Waals surface area contributed by atoms with Crippen LogP contribution in [0.15, 0.2) is 60.7 Å². The summed E-state index contributed by atoms with van der Waals surface area (Å²) in [5.41, 5.74) is 3.08. The molecule has 0 amide bonds. The van der Waals surface area contributed by atoms with E-state index in [0.717, 1.165) is 27.2 Å². The lowest BCUT2D eigenvalue weighted by atomic mass is 10.1. The van der Waals surface area contributed by atoms with E-state index in [2.05, 4.69) is 17.1 Å². The monoisotopic (exact) mass is 265 g/mol. The Bertz CT molecular complexity index is 730. The predicted octanol–water partition coefficient (Wildman–Crippen LogP) is 5.06. The summed E-state index contributed by atoms with van der Waals surface area (Å²) in [5.74, 6) is 0. The molecule has 0 saturated heterocycles. The highest BCUT2D eigenvalue weighted by molar-refractivity contribution is 6.30. The molecule has 1 aromatic heterocycles. The number of pyridine rings is 1. The number of rotatable bonds is 2. The zero-order chi connectivity index (χ0) is 13.1. The van der Waals surface area contributed by atoms with Crippen LogP contribution in [0, 0.1) is 0 Å². The highest BCUT2D eigenvalue weighted by Crippen LogP contribution is 2.15. The van der Waals surface area contributed by atoms with Gasteiger partial charge < -0.3 is 0 Å². The molecule has 0 bridgehead atoms. The Morgan fingerprint density at radius 2 is 1.58 bits per heavy atom. The van der Waals surface area contributed by atoms with Crippen molar-refractivity contribution in [2.24, 2.45) is 0 Å². The number of para-hydroxylation sites is 1. The van der Waals surface area contributed by atoms with Gasteiger partial charge in [-0.15, -0.1) is 0 Å². The lowest BCUT2D eigenvalue weighted by molar-refractivity contribution is 1.37. The van der Waals surface area contributed by atoms with Crippen LogP contribution in [-0.4, -0.2) is 4.98 Å². The predicted molar refractivity (Wildman–Crippen MR) is 82.1 cm³/mol. The third kappa shape index (κ3) is 2.83. The Morgan fingerprint density at radius 1 is 0.789 bits per heavy atom. The molecule has 0 aliphatic carbocycles. The highest BCUT2D eigenvalue weighted by atomic mass is 35.5. The summed E-state index contributed by atoms with van der Waals surface area (Å²) in [4.78, 5) is 4.59. The maximum Gasteiger partial charge on any atom is 0.0709 e. The molecule has 1 heterocycles. The molecule has 2 heteroatoms. The van der Waals surface area contributed by atoms with Crippen molar-refractivity contribution in [1.29, 1.82) is 0 Å². The van der Waals surface area contributed by atoms with Gasteiger partial charge in [0.1, 0.15) is 0 Å². The molecule has 0 saturated carbocycles. The van der Waals surface area contributed by atoms with Crippen LogP contribution in [0.1, 0.15) is 11.3 Å². The van der Waals surface area contributed by atoms with Gasteiger partial charge in [0.2, 0.25) is 0 Å². The van der Waals surface area contributed by atoms with Crippen molar-refractivity contribution < 1.29 is 0 Å². The van der Waals surface area contributed by atoms with Crippen LogP contribution in [-0.2, 0) is 0 Å². The maximum atomic E-state index is 5.86. The molecule has 0 N–H and O–H groups in total. The molecule has 19 heavy (non-hydrogen) atoms. The first-order chi connectivity index (χ1) is 9.31. The summed E-state index contributed by atoms with van der Waals surface area (Å²) < 4.78 is 0. The molecular weight excluding hydrogens is 254 g/mol. The van der Waals surface area contributed by atoms with Crippen molar-refractivity contribution in [3.05, 3.63) is 76.9 Å². The molecule has 0 aliphatic rings. The number of hydrogen-bond acceptors (Lipinski definition) is 1. The van der Waals surface area contributed by atoms with Crippen LogP contribution >= 0.6 is 11.6 Å². The van der Waals surface area contributed by atoms with Crippen molar-refractivity contribution in [2.45, 2.75) is 0 Å². The Hall–Kier alpha value is -2.12. The second-order valence-corrected chi connectivity index (χ2v) is 4.75. The SMILES string of the molecule is Clc1ccc(C=Cc2ccc3ccccc3n2)cc1. The molecule has 0 atom stereocenters. The topological polar surface area (TPSA) is 12.9 Å². The second-order valence-electron chi connectivity index (χ2n) is 4.31. The third-order valence-electron chi connectivity index (χ3n) is 2.94. The standard InChI is InChI=1S/C17H12ClN/c18-15-9-5-13(6-10-15)7-11-16-12-8-14-3-1-2-4-17(14)19-16/h1-12H. The Kier molecular flexibility index (Phi) is 3.30. The molecule has 1 nitrogen and oxygen atoms in total. The fourth-order valence-electron chi connectivity index (χ4n) is 1.93. The van der Waals surface area contributed by atoms with Crippen molar-refractivity contribution in [3.8, 4) is 0 Å². The quantitative estimate of drug-likeness (QED) is 0.631. The zero-order valence-electron chi connectivity index (χ0n) is 10.3. The van der Waals surface area contributed by atoms with Gasteiger partial charge >= 0.3 is 0 Å². The summed E-state index contributed by atoms with van der Waals surface area (Å²) >= 11 is 5.86. The molecule has 0 unspecified atom stereocenters. The van der Waals surface area contributed by atoms with E-state index in [1.165, 1.54) is 0 Å². The fraction of sp³-hybridized carbons (Fsp3) is 0. The first-order valence-electron chi connectivity index (χ1n) is 6.11. The van der Waals surface area contributed by atoms with Gasteiger partial charge in [0.15, 0.2) is 0 Å². The van der Waals surface area contributed by atoms with Crippen LogP contribution < -0.4 is 0 Å². The van der Waals surface area contributed by atoms with E-state index in [4.69, 9.17) is 11.6 Å². The number of benzene rings is 2. The average molecular weight is 266 g/mol. The highest BCUT2D eigenvalue weighted by Gasteiger charge is 1.94. The number of fused-ring (bicyclic) bond motifs is 1. The molecule has 0 aliphatic heterocycles. The Balaban J connectivity index is 1.90. The molecule has 0 radical (unpaired) electrons. The van der Waals surface area contributed by atoms with Gasteiger partial charge in [-0.25, -0.2) is 4.98 Å².